The molecule has 2 aromatic heterocycles. The number of hydrogen-bond acceptors (Lipinski definition) is 4. The molecule has 0 bridgehead atoms. The molecule has 0 spiro atoms. The van der Waals surface area contributed by atoms with Gasteiger partial charge in [-0.15, -0.1) is 0 Å². The Balaban J connectivity index is 1.66. The SMILES string of the molecule is CN(C)c1ccc(CNC(=O)c2ccc(-n3cccn3)c(F)c2)cn1. The van der Waals surface area contributed by atoms with E-state index in [0.29, 0.717) is 12.2 Å². The molecular formula is C18H18FN5O. The first kappa shape index (κ1) is 16.6. The molecule has 7 heteroatoms. The Morgan fingerprint density at radius 2 is 2.12 bits per heavy atom. The third-order valence-electron chi connectivity index (χ3n) is 3.68. The first-order valence-electron chi connectivity index (χ1n) is 7.74. The van der Waals surface area contributed by atoms with E-state index in [1.165, 1.54) is 16.8 Å². The van der Waals surface area contributed by atoms with Gasteiger partial charge in [-0.1, -0.05) is 6.07 Å². The zero-order chi connectivity index (χ0) is 17.8. The highest BCUT2D eigenvalue weighted by atomic mass is 19.1. The molecule has 0 aliphatic heterocycles. The van der Waals surface area contributed by atoms with Gasteiger partial charge in [0.05, 0.1) is 0 Å². The summed E-state index contributed by atoms with van der Waals surface area (Å²) in [6, 6.07) is 9.78. The second kappa shape index (κ2) is 7.12. The van der Waals surface area contributed by atoms with Crippen molar-refractivity contribution in [3.63, 3.8) is 0 Å². The number of amides is 1. The third kappa shape index (κ3) is 3.82. The monoisotopic (exact) mass is 339 g/mol. The van der Waals surface area contributed by atoms with Gasteiger partial charge in [0.25, 0.3) is 5.91 Å². The summed E-state index contributed by atoms with van der Waals surface area (Å²) in [4.78, 5) is 18.4. The number of benzene rings is 1. The van der Waals surface area contributed by atoms with E-state index in [1.54, 1.807) is 30.7 Å². The Kier molecular flexibility index (Phi) is 4.74. The number of nitrogens with one attached hydrogen (secondary N) is 1. The molecule has 0 saturated heterocycles. The molecule has 0 radical (unpaired) electrons. The van der Waals surface area contributed by atoms with Crippen molar-refractivity contribution >= 4 is 11.7 Å². The third-order valence-corrected chi connectivity index (χ3v) is 3.68. The van der Waals surface area contributed by atoms with Gasteiger partial charge in [0.1, 0.15) is 17.3 Å². The number of carbonyl (C=O) groups is 1. The van der Waals surface area contributed by atoms with E-state index in [1.807, 2.05) is 31.1 Å². The smallest absolute Gasteiger partial charge is 0.251 e. The maximum atomic E-state index is 14.2. The Morgan fingerprint density at radius 1 is 1.28 bits per heavy atom. The Labute approximate surface area is 144 Å². The van der Waals surface area contributed by atoms with Crippen molar-refractivity contribution in [1.29, 1.82) is 0 Å². The molecule has 0 aliphatic rings. The lowest BCUT2D eigenvalue weighted by molar-refractivity contribution is 0.0950. The normalized spacial score (nSPS) is 10.5. The van der Waals surface area contributed by atoms with Gasteiger partial charge in [0.15, 0.2) is 0 Å². The van der Waals surface area contributed by atoms with Crippen molar-refractivity contribution in [3.05, 3.63) is 71.9 Å². The van der Waals surface area contributed by atoms with Crippen LogP contribution in [0.15, 0.2) is 55.0 Å². The summed E-state index contributed by atoms with van der Waals surface area (Å²) in [6.45, 7) is 0.321. The second-order valence-electron chi connectivity index (χ2n) is 5.72. The van der Waals surface area contributed by atoms with Gasteiger partial charge < -0.3 is 10.2 Å². The molecule has 1 N–H and O–H groups in total. The summed E-state index contributed by atoms with van der Waals surface area (Å²) in [7, 11) is 3.82. The summed E-state index contributed by atoms with van der Waals surface area (Å²) in [5.74, 6) is -0.0117. The van der Waals surface area contributed by atoms with Crippen LogP contribution in [0.3, 0.4) is 0 Å². The topological polar surface area (TPSA) is 63.1 Å². The van der Waals surface area contributed by atoms with Crippen LogP contribution in [0.5, 0.6) is 0 Å². The number of aromatic nitrogens is 3. The number of anilines is 1. The molecule has 0 unspecified atom stereocenters. The lowest BCUT2D eigenvalue weighted by atomic mass is 10.1. The summed E-state index contributed by atoms with van der Waals surface area (Å²) < 4.78 is 15.6. The van der Waals surface area contributed by atoms with Crippen molar-refractivity contribution in [3.8, 4) is 5.69 Å². The molecular weight excluding hydrogens is 321 g/mol. The van der Waals surface area contributed by atoms with E-state index in [9.17, 15) is 9.18 Å². The van der Waals surface area contributed by atoms with Crippen molar-refractivity contribution < 1.29 is 9.18 Å². The Bertz CT molecular complexity index is 860. The molecule has 0 atom stereocenters. The lowest BCUT2D eigenvalue weighted by Gasteiger charge is -2.11. The Hall–Kier alpha value is -3.22. The van der Waals surface area contributed by atoms with Gasteiger partial charge in [-0.3, -0.25) is 4.79 Å². The highest BCUT2D eigenvalue weighted by molar-refractivity contribution is 5.94. The molecule has 128 valence electrons. The molecule has 3 rings (SSSR count). The van der Waals surface area contributed by atoms with E-state index in [0.717, 1.165) is 11.4 Å². The van der Waals surface area contributed by atoms with Crippen molar-refractivity contribution in [2.24, 2.45) is 0 Å². The maximum absolute atomic E-state index is 14.2. The molecule has 0 aliphatic carbocycles. The molecule has 6 nitrogen and oxygen atoms in total. The summed E-state index contributed by atoms with van der Waals surface area (Å²) in [5, 5.41) is 6.75. The minimum absolute atomic E-state index is 0.256. The number of nitrogens with zero attached hydrogens (tertiary/aromatic N) is 4. The van der Waals surface area contributed by atoms with Crippen LogP contribution in [0.1, 0.15) is 15.9 Å². The highest BCUT2D eigenvalue weighted by Crippen LogP contribution is 2.14. The van der Waals surface area contributed by atoms with E-state index in [-0.39, 0.29) is 11.5 Å². The predicted octanol–water partition coefficient (Wildman–Crippen LogP) is 2.40. The van der Waals surface area contributed by atoms with Gasteiger partial charge in [-0.25, -0.2) is 14.1 Å². The summed E-state index contributed by atoms with van der Waals surface area (Å²) >= 11 is 0. The van der Waals surface area contributed by atoms with Gasteiger partial charge in [-0.05, 0) is 35.9 Å². The first-order valence-corrected chi connectivity index (χ1v) is 7.74. The number of pyridine rings is 1. The van der Waals surface area contributed by atoms with Crippen molar-refractivity contribution in [2.75, 3.05) is 19.0 Å². The number of hydrogen-bond donors (Lipinski definition) is 1. The predicted molar refractivity (Wildman–Crippen MR) is 93.3 cm³/mol. The van der Waals surface area contributed by atoms with Crippen molar-refractivity contribution in [1.82, 2.24) is 20.1 Å². The summed E-state index contributed by atoms with van der Waals surface area (Å²) in [5.41, 5.74) is 1.42. The number of halogens is 1. The highest BCUT2D eigenvalue weighted by Gasteiger charge is 2.11. The zero-order valence-electron chi connectivity index (χ0n) is 14.0. The molecule has 0 fully saturated rings. The molecule has 1 amide bonds. The molecule has 1 aromatic carbocycles. The Morgan fingerprint density at radius 3 is 2.72 bits per heavy atom. The van der Waals surface area contributed by atoms with E-state index in [4.69, 9.17) is 0 Å². The van der Waals surface area contributed by atoms with Crippen LogP contribution in [0.4, 0.5) is 10.2 Å². The van der Waals surface area contributed by atoms with Crippen LogP contribution in [0, 0.1) is 5.82 Å². The van der Waals surface area contributed by atoms with E-state index in [2.05, 4.69) is 15.4 Å². The molecule has 3 aromatic rings. The van der Waals surface area contributed by atoms with Crippen molar-refractivity contribution in [2.45, 2.75) is 6.54 Å². The van der Waals surface area contributed by atoms with Crippen LogP contribution in [0.25, 0.3) is 5.69 Å². The average molecular weight is 339 g/mol. The van der Waals surface area contributed by atoms with Gasteiger partial charge in [-0.2, -0.15) is 5.10 Å². The average Bonchev–Trinajstić information content (AvgIpc) is 3.14. The number of rotatable bonds is 5. The lowest BCUT2D eigenvalue weighted by Crippen LogP contribution is -2.23. The standard InChI is InChI=1S/C18H18FN5O/c1-23(2)17-7-4-13(11-20-17)12-21-18(25)14-5-6-16(15(19)10-14)24-9-3-8-22-24/h3-11H,12H2,1-2H3,(H,21,25). The van der Waals surface area contributed by atoms with Crippen LogP contribution in [-0.2, 0) is 6.54 Å². The maximum Gasteiger partial charge on any atom is 0.251 e. The van der Waals surface area contributed by atoms with Gasteiger partial charge in [0.2, 0.25) is 0 Å². The van der Waals surface area contributed by atoms with Crippen LogP contribution in [0.2, 0.25) is 0 Å². The number of carbonyl (C=O) groups excluding carboxylic acids is 1. The fourth-order valence-electron chi connectivity index (χ4n) is 2.32. The van der Waals surface area contributed by atoms with Gasteiger partial charge in [0, 0.05) is 44.8 Å². The minimum Gasteiger partial charge on any atom is -0.363 e. The minimum atomic E-state index is -0.506. The second-order valence-corrected chi connectivity index (χ2v) is 5.72. The van der Waals surface area contributed by atoms with E-state index >= 15 is 0 Å². The molecule has 25 heavy (non-hydrogen) atoms. The fraction of sp³-hybridized carbons (Fsp3) is 0.167. The van der Waals surface area contributed by atoms with Crippen LogP contribution >= 0.6 is 0 Å². The van der Waals surface area contributed by atoms with Crippen LogP contribution < -0.4 is 10.2 Å². The quantitative estimate of drug-likeness (QED) is 0.775. The first-order chi connectivity index (χ1) is 12.0. The molecule has 2 heterocycles. The largest absolute Gasteiger partial charge is 0.363 e. The van der Waals surface area contributed by atoms with Crippen LogP contribution in [-0.4, -0.2) is 34.8 Å². The summed E-state index contributed by atoms with van der Waals surface area (Å²) in [6.07, 6.45) is 4.91. The van der Waals surface area contributed by atoms with Gasteiger partial charge >= 0.3 is 0 Å². The fourth-order valence-corrected chi connectivity index (χ4v) is 2.32. The zero-order valence-corrected chi connectivity index (χ0v) is 14.0. The van der Waals surface area contributed by atoms with E-state index < -0.39 is 5.82 Å². The molecule has 0 saturated carbocycles.